The van der Waals surface area contributed by atoms with Gasteiger partial charge in [0.25, 0.3) is 0 Å². The molecule has 1 fully saturated rings. The van der Waals surface area contributed by atoms with E-state index >= 15 is 0 Å². The Bertz CT molecular complexity index is 798. The normalized spacial score (nSPS) is 21.0. The zero-order valence-electron chi connectivity index (χ0n) is 16.2. The molecule has 1 saturated carbocycles. The standard InChI is InChI=1S/C20H23F3O4/c1-9(18(24)26-6)7-13-14(20(13,4)5)19(25)27-8-12-10(2)15(21)11(3)16(22)17(12)23/h7,13-14H,8H2,1-6H3. The zero-order valence-corrected chi connectivity index (χ0v) is 16.2. The molecule has 2 unspecified atom stereocenters. The van der Waals surface area contributed by atoms with Crippen molar-refractivity contribution in [3.05, 3.63) is 45.8 Å². The second-order valence-electron chi connectivity index (χ2n) is 7.44. The highest BCUT2D eigenvalue weighted by Gasteiger charge is 2.61. The van der Waals surface area contributed by atoms with Gasteiger partial charge in [0.05, 0.1) is 13.0 Å². The van der Waals surface area contributed by atoms with Gasteiger partial charge in [-0.2, -0.15) is 0 Å². The van der Waals surface area contributed by atoms with Crippen LogP contribution >= 0.6 is 0 Å². The third-order valence-electron chi connectivity index (χ3n) is 5.36. The van der Waals surface area contributed by atoms with Crippen molar-refractivity contribution in [2.45, 2.75) is 41.2 Å². The largest absolute Gasteiger partial charge is 0.466 e. The molecular formula is C20H23F3O4. The minimum Gasteiger partial charge on any atom is -0.466 e. The maximum Gasteiger partial charge on any atom is 0.333 e. The highest BCUT2D eigenvalue weighted by molar-refractivity contribution is 5.88. The number of halogens is 3. The monoisotopic (exact) mass is 384 g/mol. The van der Waals surface area contributed by atoms with Crippen molar-refractivity contribution < 1.29 is 32.2 Å². The second-order valence-corrected chi connectivity index (χ2v) is 7.44. The summed E-state index contributed by atoms with van der Waals surface area (Å²) >= 11 is 0. The van der Waals surface area contributed by atoms with E-state index in [4.69, 9.17) is 4.74 Å². The van der Waals surface area contributed by atoms with E-state index in [1.54, 1.807) is 13.0 Å². The fraction of sp³-hybridized carbons (Fsp3) is 0.500. The van der Waals surface area contributed by atoms with Gasteiger partial charge < -0.3 is 9.47 Å². The first-order valence-corrected chi connectivity index (χ1v) is 8.51. The van der Waals surface area contributed by atoms with E-state index in [0.29, 0.717) is 5.57 Å². The molecule has 1 aliphatic rings. The van der Waals surface area contributed by atoms with Gasteiger partial charge in [-0.05, 0) is 37.7 Å². The van der Waals surface area contributed by atoms with Crippen LogP contribution in [0.1, 0.15) is 37.5 Å². The molecule has 0 heterocycles. The summed E-state index contributed by atoms with van der Waals surface area (Å²) in [5, 5.41) is 0. The average Bonchev–Trinajstić information content (AvgIpc) is 3.17. The number of esters is 2. The minimum absolute atomic E-state index is 0.0905. The Labute approximate surface area is 156 Å². The molecule has 1 aromatic carbocycles. The van der Waals surface area contributed by atoms with Crippen molar-refractivity contribution in [1.29, 1.82) is 0 Å². The summed E-state index contributed by atoms with van der Waals surface area (Å²) in [6.45, 7) is 7.14. The molecular weight excluding hydrogens is 361 g/mol. The van der Waals surface area contributed by atoms with Crippen LogP contribution in [-0.4, -0.2) is 19.0 Å². The second kappa shape index (κ2) is 7.37. The fourth-order valence-corrected chi connectivity index (χ4v) is 3.31. The summed E-state index contributed by atoms with van der Waals surface area (Å²) in [5.74, 6) is -5.26. The maximum atomic E-state index is 14.1. The van der Waals surface area contributed by atoms with Crippen LogP contribution in [0, 0.1) is 48.5 Å². The van der Waals surface area contributed by atoms with Gasteiger partial charge in [-0.25, -0.2) is 18.0 Å². The number of hydrogen-bond acceptors (Lipinski definition) is 4. The lowest BCUT2D eigenvalue weighted by Gasteiger charge is -2.13. The topological polar surface area (TPSA) is 52.6 Å². The molecule has 148 valence electrons. The summed E-state index contributed by atoms with van der Waals surface area (Å²) in [5.41, 5.74) is -0.904. The zero-order chi connectivity index (χ0) is 20.7. The Morgan fingerprint density at radius 2 is 1.67 bits per heavy atom. The number of benzene rings is 1. The van der Waals surface area contributed by atoms with E-state index in [1.807, 2.05) is 13.8 Å². The van der Waals surface area contributed by atoms with Crippen LogP contribution in [0.5, 0.6) is 0 Å². The first-order chi connectivity index (χ1) is 12.4. The molecule has 0 radical (unpaired) electrons. The summed E-state index contributed by atoms with van der Waals surface area (Å²) in [6, 6.07) is 0. The van der Waals surface area contributed by atoms with Gasteiger partial charge in [0.2, 0.25) is 0 Å². The van der Waals surface area contributed by atoms with Crippen molar-refractivity contribution >= 4 is 11.9 Å². The molecule has 0 spiro atoms. The molecule has 0 bridgehead atoms. The number of rotatable bonds is 5. The van der Waals surface area contributed by atoms with Crippen molar-refractivity contribution in [3.8, 4) is 0 Å². The Hall–Kier alpha value is -2.31. The quantitative estimate of drug-likeness (QED) is 0.435. The molecule has 0 amide bonds. The molecule has 27 heavy (non-hydrogen) atoms. The van der Waals surface area contributed by atoms with E-state index < -0.39 is 52.9 Å². The molecule has 2 rings (SSSR count). The van der Waals surface area contributed by atoms with Crippen LogP contribution in [-0.2, 0) is 25.7 Å². The average molecular weight is 384 g/mol. The number of carbonyl (C=O) groups excluding carboxylic acids is 2. The Morgan fingerprint density at radius 3 is 2.22 bits per heavy atom. The third kappa shape index (κ3) is 3.73. The molecule has 0 saturated heterocycles. The van der Waals surface area contributed by atoms with Gasteiger partial charge in [-0.3, -0.25) is 4.79 Å². The number of allylic oxidation sites excluding steroid dienone is 1. The number of ether oxygens (including phenoxy) is 2. The molecule has 1 aliphatic carbocycles. The van der Waals surface area contributed by atoms with E-state index in [-0.39, 0.29) is 17.0 Å². The van der Waals surface area contributed by atoms with Gasteiger partial charge in [-0.1, -0.05) is 19.9 Å². The lowest BCUT2D eigenvalue weighted by atomic mass is 10.0. The molecule has 2 atom stereocenters. The predicted molar refractivity (Wildman–Crippen MR) is 92.1 cm³/mol. The van der Waals surface area contributed by atoms with Crippen molar-refractivity contribution in [3.63, 3.8) is 0 Å². The Balaban J connectivity index is 2.15. The molecule has 4 nitrogen and oxygen atoms in total. The van der Waals surface area contributed by atoms with Crippen LogP contribution in [0.15, 0.2) is 11.6 Å². The fourth-order valence-electron chi connectivity index (χ4n) is 3.31. The predicted octanol–water partition coefficient (Wildman–Crippen LogP) is 4.16. The summed E-state index contributed by atoms with van der Waals surface area (Å²) in [4.78, 5) is 23.9. The van der Waals surface area contributed by atoms with E-state index in [1.165, 1.54) is 14.0 Å². The van der Waals surface area contributed by atoms with Gasteiger partial charge in [0.1, 0.15) is 12.4 Å². The van der Waals surface area contributed by atoms with Gasteiger partial charge in [0, 0.05) is 16.7 Å². The third-order valence-corrected chi connectivity index (χ3v) is 5.36. The summed E-state index contributed by atoms with van der Waals surface area (Å²) in [6.07, 6.45) is 1.65. The number of hydrogen-bond donors (Lipinski definition) is 0. The molecule has 0 aliphatic heterocycles. The maximum absolute atomic E-state index is 14.1. The van der Waals surface area contributed by atoms with Gasteiger partial charge in [-0.15, -0.1) is 0 Å². The Morgan fingerprint density at radius 1 is 1.07 bits per heavy atom. The van der Waals surface area contributed by atoms with Gasteiger partial charge >= 0.3 is 11.9 Å². The van der Waals surface area contributed by atoms with Crippen molar-refractivity contribution in [2.24, 2.45) is 17.3 Å². The molecule has 0 aromatic heterocycles. The SMILES string of the molecule is COC(=O)C(C)=CC1C(C(=O)OCc2c(C)c(F)c(C)c(F)c2F)C1(C)C. The highest BCUT2D eigenvalue weighted by atomic mass is 19.2. The van der Waals surface area contributed by atoms with Gasteiger partial charge in [0.15, 0.2) is 11.6 Å². The number of methoxy groups -OCH3 is 1. The van der Waals surface area contributed by atoms with E-state index in [2.05, 4.69) is 4.74 Å². The molecule has 1 aromatic rings. The van der Waals surface area contributed by atoms with Crippen LogP contribution < -0.4 is 0 Å². The van der Waals surface area contributed by atoms with Crippen LogP contribution in [0.3, 0.4) is 0 Å². The van der Waals surface area contributed by atoms with Crippen LogP contribution in [0.2, 0.25) is 0 Å². The first kappa shape index (κ1) is 21.0. The molecule has 7 heteroatoms. The summed E-state index contributed by atoms with van der Waals surface area (Å²) < 4.78 is 51.6. The van der Waals surface area contributed by atoms with Crippen LogP contribution in [0.4, 0.5) is 13.2 Å². The lowest BCUT2D eigenvalue weighted by molar-refractivity contribution is -0.147. The van der Waals surface area contributed by atoms with Crippen molar-refractivity contribution in [1.82, 2.24) is 0 Å². The van der Waals surface area contributed by atoms with E-state index in [0.717, 1.165) is 6.92 Å². The highest BCUT2D eigenvalue weighted by Crippen LogP contribution is 2.60. The lowest BCUT2D eigenvalue weighted by Crippen LogP contribution is -2.13. The molecule has 0 N–H and O–H groups in total. The van der Waals surface area contributed by atoms with Crippen LogP contribution in [0.25, 0.3) is 0 Å². The Kier molecular flexibility index (Phi) is 5.73. The summed E-state index contributed by atoms with van der Waals surface area (Å²) in [7, 11) is 1.26. The minimum atomic E-state index is -1.29. The van der Waals surface area contributed by atoms with E-state index in [9.17, 15) is 22.8 Å². The number of carbonyl (C=O) groups is 2. The first-order valence-electron chi connectivity index (χ1n) is 8.51. The van der Waals surface area contributed by atoms with Crippen molar-refractivity contribution in [2.75, 3.05) is 7.11 Å². The smallest absolute Gasteiger partial charge is 0.333 e.